The quantitative estimate of drug-likeness (QED) is 0.539. The summed E-state index contributed by atoms with van der Waals surface area (Å²) in [4.78, 5) is 21.3. The van der Waals surface area contributed by atoms with Gasteiger partial charge >= 0.3 is 0 Å². The summed E-state index contributed by atoms with van der Waals surface area (Å²) < 4.78 is 18.5. The van der Waals surface area contributed by atoms with E-state index in [1.807, 2.05) is 29.2 Å². The highest BCUT2D eigenvalue weighted by Gasteiger charge is 2.20. The number of hydrogen-bond acceptors (Lipinski definition) is 5. The molecule has 0 aliphatic carbocycles. The Morgan fingerprint density at radius 3 is 2.65 bits per heavy atom. The lowest BCUT2D eigenvalue weighted by Crippen LogP contribution is -2.47. The summed E-state index contributed by atoms with van der Waals surface area (Å²) in [5, 5.41) is 3.09. The van der Waals surface area contributed by atoms with E-state index in [4.69, 9.17) is 9.72 Å². The Bertz CT molecular complexity index is 1060. The predicted molar refractivity (Wildman–Crippen MR) is 121 cm³/mol. The SMILES string of the molecule is COc1ccc(-c2nc(CN3CCN(C(=O)/C=C/c4cccc(F)c4)CC3)cs2)cc1. The number of aromatic nitrogens is 1. The van der Waals surface area contributed by atoms with Crippen LogP contribution in [0.2, 0.25) is 0 Å². The number of ether oxygens (including phenoxy) is 1. The number of carbonyl (C=O) groups excluding carboxylic acids is 1. The van der Waals surface area contributed by atoms with Crippen LogP contribution in [0.15, 0.2) is 60.0 Å². The van der Waals surface area contributed by atoms with Crippen molar-refractivity contribution >= 4 is 23.3 Å². The maximum atomic E-state index is 13.3. The summed E-state index contributed by atoms with van der Waals surface area (Å²) in [6.45, 7) is 3.71. The second kappa shape index (κ2) is 9.85. The van der Waals surface area contributed by atoms with E-state index in [1.165, 1.54) is 18.2 Å². The first-order valence-corrected chi connectivity index (χ1v) is 11.0. The highest BCUT2D eigenvalue weighted by molar-refractivity contribution is 7.13. The molecule has 0 N–H and O–H groups in total. The molecule has 2 heterocycles. The Morgan fingerprint density at radius 2 is 1.94 bits per heavy atom. The normalized spacial score (nSPS) is 14.8. The Labute approximate surface area is 185 Å². The molecule has 0 saturated carbocycles. The van der Waals surface area contributed by atoms with Gasteiger partial charge in [-0.15, -0.1) is 11.3 Å². The topological polar surface area (TPSA) is 45.7 Å². The van der Waals surface area contributed by atoms with Gasteiger partial charge in [0.05, 0.1) is 12.8 Å². The zero-order chi connectivity index (χ0) is 21.6. The molecule has 0 atom stereocenters. The van der Waals surface area contributed by atoms with Crippen LogP contribution < -0.4 is 4.74 Å². The molecule has 4 rings (SSSR count). The molecule has 1 saturated heterocycles. The molecule has 160 valence electrons. The maximum Gasteiger partial charge on any atom is 0.246 e. The molecule has 1 aliphatic heterocycles. The third-order valence-corrected chi connectivity index (χ3v) is 6.17. The van der Waals surface area contributed by atoms with Crippen LogP contribution in [0.25, 0.3) is 16.6 Å². The highest BCUT2D eigenvalue weighted by atomic mass is 32.1. The van der Waals surface area contributed by atoms with Gasteiger partial charge in [0.2, 0.25) is 5.91 Å². The van der Waals surface area contributed by atoms with Crippen LogP contribution in [0.3, 0.4) is 0 Å². The van der Waals surface area contributed by atoms with Gasteiger partial charge in [-0.25, -0.2) is 9.37 Å². The Morgan fingerprint density at radius 1 is 1.16 bits per heavy atom. The van der Waals surface area contributed by atoms with Crippen LogP contribution in [0.1, 0.15) is 11.3 Å². The average molecular weight is 438 g/mol. The van der Waals surface area contributed by atoms with E-state index in [1.54, 1.807) is 36.7 Å². The van der Waals surface area contributed by atoms with Crippen molar-refractivity contribution in [2.24, 2.45) is 0 Å². The molecule has 0 radical (unpaired) electrons. The van der Waals surface area contributed by atoms with Crippen molar-refractivity contribution in [2.45, 2.75) is 6.54 Å². The summed E-state index contributed by atoms with van der Waals surface area (Å²) in [6.07, 6.45) is 3.18. The van der Waals surface area contributed by atoms with Crippen molar-refractivity contribution in [1.29, 1.82) is 0 Å². The summed E-state index contributed by atoms with van der Waals surface area (Å²) in [5.41, 5.74) is 2.81. The zero-order valence-electron chi connectivity index (χ0n) is 17.3. The van der Waals surface area contributed by atoms with Gasteiger partial charge in [-0.05, 0) is 48.0 Å². The van der Waals surface area contributed by atoms with Crippen LogP contribution in [-0.2, 0) is 11.3 Å². The highest BCUT2D eigenvalue weighted by Crippen LogP contribution is 2.26. The van der Waals surface area contributed by atoms with Crippen molar-refractivity contribution in [1.82, 2.24) is 14.8 Å². The van der Waals surface area contributed by atoms with E-state index < -0.39 is 0 Å². The molecule has 1 aliphatic rings. The van der Waals surface area contributed by atoms with Gasteiger partial charge in [0.25, 0.3) is 0 Å². The fraction of sp³-hybridized carbons (Fsp3) is 0.250. The first-order valence-electron chi connectivity index (χ1n) is 10.1. The average Bonchev–Trinajstić information content (AvgIpc) is 3.26. The molecule has 0 bridgehead atoms. The fourth-order valence-corrected chi connectivity index (χ4v) is 4.30. The van der Waals surface area contributed by atoms with Crippen molar-refractivity contribution in [3.05, 3.63) is 77.1 Å². The van der Waals surface area contributed by atoms with Gasteiger partial charge < -0.3 is 9.64 Å². The Balaban J connectivity index is 1.28. The smallest absolute Gasteiger partial charge is 0.246 e. The molecular weight excluding hydrogens is 413 g/mol. The minimum absolute atomic E-state index is 0.0423. The molecule has 1 amide bonds. The van der Waals surface area contributed by atoms with Crippen LogP contribution in [-0.4, -0.2) is 54.0 Å². The predicted octanol–water partition coefficient (Wildman–Crippen LogP) is 4.32. The van der Waals surface area contributed by atoms with Gasteiger partial charge in [-0.3, -0.25) is 9.69 Å². The Kier molecular flexibility index (Phi) is 6.74. The fourth-order valence-electron chi connectivity index (χ4n) is 3.48. The van der Waals surface area contributed by atoms with Crippen LogP contribution >= 0.6 is 11.3 Å². The number of benzene rings is 2. The van der Waals surface area contributed by atoms with Crippen LogP contribution in [0, 0.1) is 5.82 Å². The van der Waals surface area contributed by atoms with Crippen molar-refractivity contribution in [3.63, 3.8) is 0 Å². The van der Waals surface area contributed by atoms with E-state index >= 15 is 0 Å². The number of amides is 1. The van der Waals surface area contributed by atoms with Gasteiger partial charge in [-0.1, -0.05) is 12.1 Å². The van der Waals surface area contributed by atoms with E-state index in [2.05, 4.69) is 10.3 Å². The molecule has 2 aromatic carbocycles. The number of carbonyl (C=O) groups is 1. The molecule has 3 aromatic rings. The van der Waals surface area contributed by atoms with Gasteiger partial charge in [-0.2, -0.15) is 0 Å². The summed E-state index contributed by atoms with van der Waals surface area (Å²) >= 11 is 1.64. The number of nitrogens with zero attached hydrogens (tertiary/aromatic N) is 3. The number of hydrogen-bond donors (Lipinski definition) is 0. The minimum Gasteiger partial charge on any atom is -0.497 e. The molecule has 31 heavy (non-hydrogen) atoms. The third-order valence-electron chi connectivity index (χ3n) is 5.23. The number of piperazine rings is 1. The first-order chi connectivity index (χ1) is 15.1. The monoisotopic (exact) mass is 437 g/mol. The second-order valence-corrected chi connectivity index (χ2v) is 8.22. The van der Waals surface area contributed by atoms with E-state index in [9.17, 15) is 9.18 Å². The number of methoxy groups -OCH3 is 1. The number of rotatable bonds is 6. The van der Waals surface area contributed by atoms with Gasteiger partial charge in [0.15, 0.2) is 0 Å². The molecule has 1 fully saturated rings. The number of thiazole rings is 1. The summed E-state index contributed by atoms with van der Waals surface area (Å²) in [6, 6.07) is 14.1. The van der Waals surface area contributed by atoms with Crippen LogP contribution in [0.5, 0.6) is 5.75 Å². The first kappa shape index (κ1) is 21.2. The number of halogens is 1. The standard InChI is InChI=1S/C24H24FN3O2S/c1-30-22-8-6-19(7-9-22)24-26-21(17-31-24)16-27-11-13-28(14-12-27)23(29)10-5-18-3-2-4-20(25)15-18/h2-10,15,17H,11-14,16H2,1H3/b10-5+. The van der Waals surface area contributed by atoms with Crippen molar-refractivity contribution in [2.75, 3.05) is 33.3 Å². The van der Waals surface area contributed by atoms with Crippen LogP contribution in [0.4, 0.5) is 4.39 Å². The van der Waals surface area contributed by atoms with E-state index in [0.717, 1.165) is 41.6 Å². The van der Waals surface area contributed by atoms with Crippen molar-refractivity contribution < 1.29 is 13.9 Å². The van der Waals surface area contributed by atoms with E-state index in [-0.39, 0.29) is 11.7 Å². The van der Waals surface area contributed by atoms with E-state index in [0.29, 0.717) is 18.7 Å². The molecule has 0 spiro atoms. The second-order valence-electron chi connectivity index (χ2n) is 7.36. The Hall–Kier alpha value is -3.03. The lowest BCUT2D eigenvalue weighted by molar-refractivity contribution is -0.127. The van der Waals surface area contributed by atoms with Crippen molar-refractivity contribution in [3.8, 4) is 16.3 Å². The minimum atomic E-state index is -0.305. The molecule has 1 aromatic heterocycles. The molecule has 5 nitrogen and oxygen atoms in total. The molecule has 7 heteroatoms. The maximum absolute atomic E-state index is 13.3. The zero-order valence-corrected chi connectivity index (χ0v) is 18.1. The molecular formula is C24H24FN3O2S. The molecule has 0 unspecified atom stereocenters. The van der Waals surface area contributed by atoms with Gasteiger partial charge in [0, 0.05) is 49.7 Å². The lowest BCUT2D eigenvalue weighted by atomic mass is 10.2. The summed E-state index contributed by atoms with van der Waals surface area (Å²) in [7, 11) is 1.66. The lowest BCUT2D eigenvalue weighted by Gasteiger charge is -2.33. The summed E-state index contributed by atoms with van der Waals surface area (Å²) in [5.74, 6) is 0.485. The largest absolute Gasteiger partial charge is 0.497 e. The van der Waals surface area contributed by atoms with Gasteiger partial charge in [0.1, 0.15) is 16.6 Å². The third kappa shape index (κ3) is 5.57.